The van der Waals surface area contributed by atoms with Gasteiger partial charge >= 0.3 is 0 Å². The summed E-state index contributed by atoms with van der Waals surface area (Å²) in [5.41, 5.74) is 3.35. The average Bonchev–Trinajstić information content (AvgIpc) is 3.11. The monoisotopic (exact) mass is 401 g/mol. The molecule has 1 heterocycles. The first-order valence-electron chi connectivity index (χ1n) is 9.51. The molecule has 4 rings (SSSR count). The minimum Gasteiger partial charge on any atom is -0.391 e. The third kappa shape index (κ3) is 4.72. The highest BCUT2D eigenvalue weighted by Gasteiger charge is 2.10. The van der Waals surface area contributed by atoms with Crippen molar-refractivity contribution in [2.45, 2.75) is 13.2 Å². The van der Waals surface area contributed by atoms with Gasteiger partial charge in [-0.15, -0.1) is 0 Å². The molecule has 1 aromatic heterocycles. The van der Waals surface area contributed by atoms with Crippen LogP contribution in [0, 0.1) is 5.82 Å². The standard InChI is InChI=1S/C24H20FN3O2/c25-20-10-12-21(13-11-20)27-24(29)16-28-15-19(22-8-4-5-9-23(22)28)14-26-30-17-18-6-2-1-3-7-18/h1-15H,16-17H2,(H,27,29)/b26-14+. The predicted octanol–water partition coefficient (Wildman–Crippen LogP) is 4.97. The first-order chi connectivity index (χ1) is 14.7. The first kappa shape index (κ1) is 19.4. The lowest BCUT2D eigenvalue weighted by atomic mass is 10.2. The number of aromatic nitrogens is 1. The fourth-order valence-corrected chi connectivity index (χ4v) is 3.18. The van der Waals surface area contributed by atoms with E-state index in [1.165, 1.54) is 24.3 Å². The second-order valence-corrected chi connectivity index (χ2v) is 6.78. The van der Waals surface area contributed by atoms with Crippen LogP contribution in [0.1, 0.15) is 11.1 Å². The van der Waals surface area contributed by atoms with E-state index in [-0.39, 0.29) is 18.3 Å². The Labute approximate surface area is 173 Å². The number of benzene rings is 3. The van der Waals surface area contributed by atoms with Crippen molar-refractivity contribution in [3.05, 3.63) is 102 Å². The molecule has 4 aromatic rings. The van der Waals surface area contributed by atoms with Gasteiger partial charge in [0.2, 0.25) is 5.91 Å². The lowest BCUT2D eigenvalue weighted by Gasteiger charge is -2.07. The van der Waals surface area contributed by atoms with Gasteiger partial charge in [-0.3, -0.25) is 4.79 Å². The van der Waals surface area contributed by atoms with Gasteiger partial charge in [0.25, 0.3) is 0 Å². The van der Waals surface area contributed by atoms with Crippen LogP contribution in [0.5, 0.6) is 0 Å². The van der Waals surface area contributed by atoms with Gasteiger partial charge in [-0.2, -0.15) is 0 Å². The van der Waals surface area contributed by atoms with Gasteiger partial charge in [-0.05, 0) is 35.9 Å². The van der Waals surface area contributed by atoms with Crippen LogP contribution in [0.2, 0.25) is 0 Å². The Morgan fingerprint density at radius 3 is 2.53 bits per heavy atom. The van der Waals surface area contributed by atoms with E-state index >= 15 is 0 Å². The number of nitrogens with zero attached hydrogens (tertiary/aromatic N) is 2. The van der Waals surface area contributed by atoms with Crippen molar-refractivity contribution in [2.75, 3.05) is 5.32 Å². The topological polar surface area (TPSA) is 55.6 Å². The highest BCUT2D eigenvalue weighted by molar-refractivity contribution is 6.00. The smallest absolute Gasteiger partial charge is 0.244 e. The van der Waals surface area contributed by atoms with Crippen molar-refractivity contribution in [3.63, 3.8) is 0 Å². The number of rotatable bonds is 7. The maximum atomic E-state index is 13.0. The van der Waals surface area contributed by atoms with Crippen molar-refractivity contribution in [3.8, 4) is 0 Å². The fourth-order valence-electron chi connectivity index (χ4n) is 3.18. The number of halogens is 1. The number of anilines is 1. The Hall–Kier alpha value is -3.93. The van der Waals surface area contributed by atoms with Gasteiger partial charge in [0.1, 0.15) is 19.0 Å². The second kappa shape index (κ2) is 9.05. The van der Waals surface area contributed by atoms with Crippen LogP contribution in [0.15, 0.2) is 90.2 Å². The number of fused-ring (bicyclic) bond motifs is 1. The summed E-state index contributed by atoms with van der Waals surface area (Å²) in [6.07, 6.45) is 3.52. The van der Waals surface area contributed by atoms with Crippen LogP contribution in [-0.2, 0) is 22.8 Å². The van der Waals surface area contributed by atoms with E-state index in [0.717, 1.165) is 22.0 Å². The number of oxime groups is 1. The van der Waals surface area contributed by atoms with Crippen LogP contribution < -0.4 is 5.32 Å². The zero-order valence-electron chi connectivity index (χ0n) is 16.2. The highest BCUT2D eigenvalue weighted by atomic mass is 19.1. The molecule has 0 radical (unpaired) electrons. The normalized spacial score (nSPS) is 11.1. The van der Waals surface area contributed by atoms with Crippen LogP contribution in [-0.4, -0.2) is 16.7 Å². The largest absolute Gasteiger partial charge is 0.391 e. The third-order valence-electron chi connectivity index (χ3n) is 4.60. The summed E-state index contributed by atoms with van der Waals surface area (Å²) in [5, 5.41) is 7.83. The Morgan fingerprint density at radius 2 is 1.73 bits per heavy atom. The number of para-hydroxylation sites is 1. The number of nitrogens with one attached hydrogen (secondary N) is 1. The van der Waals surface area contributed by atoms with Crippen LogP contribution >= 0.6 is 0 Å². The Morgan fingerprint density at radius 1 is 1.00 bits per heavy atom. The number of hydrogen-bond acceptors (Lipinski definition) is 3. The molecular weight excluding hydrogens is 381 g/mol. The molecule has 0 aliphatic rings. The molecule has 0 saturated carbocycles. The Bertz CT molecular complexity index is 1170. The quantitative estimate of drug-likeness (QED) is 0.351. The molecule has 0 saturated heterocycles. The minimum atomic E-state index is -0.345. The fraction of sp³-hybridized carbons (Fsp3) is 0.0833. The summed E-state index contributed by atoms with van der Waals surface area (Å²) in [5.74, 6) is -0.547. The number of amides is 1. The summed E-state index contributed by atoms with van der Waals surface area (Å²) in [6.45, 7) is 0.507. The lowest BCUT2D eigenvalue weighted by molar-refractivity contribution is -0.116. The van der Waals surface area contributed by atoms with Crippen LogP contribution in [0.4, 0.5) is 10.1 Å². The third-order valence-corrected chi connectivity index (χ3v) is 4.60. The van der Waals surface area contributed by atoms with Crippen LogP contribution in [0.25, 0.3) is 10.9 Å². The highest BCUT2D eigenvalue weighted by Crippen LogP contribution is 2.20. The molecule has 0 atom stereocenters. The van der Waals surface area contributed by atoms with Crippen LogP contribution in [0.3, 0.4) is 0 Å². The molecule has 6 heteroatoms. The van der Waals surface area contributed by atoms with E-state index in [2.05, 4.69) is 10.5 Å². The van der Waals surface area contributed by atoms with E-state index in [1.807, 2.05) is 65.4 Å². The van der Waals surface area contributed by atoms with E-state index in [0.29, 0.717) is 12.3 Å². The van der Waals surface area contributed by atoms with E-state index in [4.69, 9.17) is 4.84 Å². The van der Waals surface area contributed by atoms with Crippen molar-refractivity contribution in [1.29, 1.82) is 0 Å². The van der Waals surface area contributed by atoms with Gasteiger partial charge in [-0.25, -0.2) is 4.39 Å². The molecule has 0 aliphatic heterocycles. The van der Waals surface area contributed by atoms with Crippen molar-refractivity contribution in [2.24, 2.45) is 5.16 Å². The Kier molecular flexibility index (Phi) is 5.85. The zero-order valence-corrected chi connectivity index (χ0v) is 16.2. The van der Waals surface area contributed by atoms with Crippen molar-refractivity contribution < 1.29 is 14.0 Å². The van der Waals surface area contributed by atoms with E-state index < -0.39 is 0 Å². The van der Waals surface area contributed by atoms with Gasteiger partial charge in [-0.1, -0.05) is 53.7 Å². The lowest BCUT2D eigenvalue weighted by Crippen LogP contribution is -2.18. The number of hydrogen-bond donors (Lipinski definition) is 1. The molecule has 0 spiro atoms. The summed E-state index contributed by atoms with van der Waals surface area (Å²) in [6, 6.07) is 23.3. The predicted molar refractivity (Wildman–Crippen MR) is 116 cm³/mol. The summed E-state index contributed by atoms with van der Waals surface area (Å²) < 4.78 is 14.9. The molecule has 0 aliphatic carbocycles. The van der Waals surface area contributed by atoms with E-state index in [1.54, 1.807) is 6.21 Å². The minimum absolute atomic E-state index is 0.122. The SMILES string of the molecule is O=C(Cn1cc(/C=N/OCc2ccccc2)c2ccccc21)Nc1ccc(F)cc1. The summed E-state index contributed by atoms with van der Waals surface area (Å²) in [7, 11) is 0. The molecule has 1 N–H and O–H groups in total. The maximum absolute atomic E-state index is 13.0. The molecule has 1 amide bonds. The molecule has 0 fully saturated rings. The van der Waals surface area contributed by atoms with Crippen molar-refractivity contribution >= 4 is 28.7 Å². The second-order valence-electron chi connectivity index (χ2n) is 6.78. The molecule has 5 nitrogen and oxygen atoms in total. The molecular formula is C24H20FN3O2. The molecule has 30 heavy (non-hydrogen) atoms. The first-order valence-corrected chi connectivity index (χ1v) is 9.51. The zero-order chi connectivity index (χ0) is 20.8. The van der Waals surface area contributed by atoms with Crippen molar-refractivity contribution in [1.82, 2.24) is 4.57 Å². The Balaban J connectivity index is 1.46. The average molecular weight is 401 g/mol. The van der Waals surface area contributed by atoms with Gasteiger partial charge in [0.05, 0.1) is 6.21 Å². The summed E-state index contributed by atoms with van der Waals surface area (Å²) >= 11 is 0. The van der Waals surface area contributed by atoms with Gasteiger partial charge in [0, 0.05) is 28.4 Å². The van der Waals surface area contributed by atoms with E-state index in [9.17, 15) is 9.18 Å². The molecule has 0 bridgehead atoms. The maximum Gasteiger partial charge on any atom is 0.244 e. The van der Waals surface area contributed by atoms with Gasteiger partial charge < -0.3 is 14.7 Å². The molecule has 150 valence electrons. The number of carbonyl (C=O) groups is 1. The molecule has 3 aromatic carbocycles. The molecule has 0 unspecified atom stereocenters. The summed E-state index contributed by atoms with van der Waals surface area (Å²) in [4.78, 5) is 17.9. The number of carbonyl (C=O) groups excluding carboxylic acids is 1. The van der Waals surface area contributed by atoms with Gasteiger partial charge in [0.15, 0.2) is 0 Å².